The third-order valence-corrected chi connectivity index (χ3v) is 3.72. The van der Waals surface area contributed by atoms with E-state index in [-0.39, 0.29) is 5.78 Å². The molecule has 0 amide bonds. The summed E-state index contributed by atoms with van der Waals surface area (Å²) in [5, 5.41) is 1.01. The topological polar surface area (TPSA) is 26.3 Å². The maximum absolute atomic E-state index is 12.0. The fourth-order valence-electron chi connectivity index (χ4n) is 1.93. The summed E-state index contributed by atoms with van der Waals surface area (Å²) in [6.07, 6.45) is 5.58. The molecule has 0 saturated heterocycles. The molecule has 0 spiro atoms. The van der Waals surface area contributed by atoms with E-state index in [1.165, 1.54) is 0 Å². The standard InChI is InChI=1S/C19H19BrO2/c20-14-4-5-15-22-18-11-8-16(9-12-18)10-13-19(21)17-6-2-1-3-7-17/h1-3,6-13H,4-5,14-15H2. The summed E-state index contributed by atoms with van der Waals surface area (Å²) in [7, 11) is 0. The molecule has 2 nitrogen and oxygen atoms in total. The number of carbonyl (C=O) groups is 1. The summed E-state index contributed by atoms with van der Waals surface area (Å²) in [5.74, 6) is 0.872. The lowest BCUT2D eigenvalue weighted by Gasteiger charge is -2.05. The number of ketones is 1. The smallest absolute Gasteiger partial charge is 0.185 e. The quantitative estimate of drug-likeness (QED) is 0.282. The Morgan fingerprint density at radius 3 is 2.41 bits per heavy atom. The monoisotopic (exact) mass is 358 g/mol. The van der Waals surface area contributed by atoms with Crippen molar-refractivity contribution in [3.05, 3.63) is 71.8 Å². The van der Waals surface area contributed by atoms with Gasteiger partial charge in [0.1, 0.15) is 5.75 Å². The summed E-state index contributed by atoms with van der Waals surface area (Å²) < 4.78 is 5.65. The molecule has 0 aliphatic heterocycles. The van der Waals surface area contributed by atoms with Gasteiger partial charge in [-0.1, -0.05) is 64.5 Å². The van der Waals surface area contributed by atoms with Crippen molar-refractivity contribution in [3.63, 3.8) is 0 Å². The minimum absolute atomic E-state index is 0.00991. The zero-order chi connectivity index (χ0) is 15.6. The third-order valence-electron chi connectivity index (χ3n) is 3.16. The number of allylic oxidation sites excluding steroid dienone is 1. The van der Waals surface area contributed by atoms with Crippen LogP contribution in [-0.2, 0) is 0 Å². The molecule has 0 fully saturated rings. The molecule has 0 unspecified atom stereocenters. The Morgan fingerprint density at radius 2 is 1.73 bits per heavy atom. The first-order chi connectivity index (χ1) is 10.8. The predicted molar refractivity (Wildman–Crippen MR) is 94.8 cm³/mol. The van der Waals surface area contributed by atoms with Crippen LogP contribution in [0.2, 0.25) is 0 Å². The zero-order valence-corrected chi connectivity index (χ0v) is 14.0. The highest BCUT2D eigenvalue weighted by Crippen LogP contribution is 2.14. The zero-order valence-electron chi connectivity index (χ0n) is 12.4. The van der Waals surface area contributed by atoms with Crippen molar-refractivity contribution >= 4 is 27.8 Å². The van der Waals surface area contributed by atoms with Crippen molar-refractivity contribution in [2.24, 2.45) is 0 Å². The number of unbranched alkanes of at least 4 members (excludes halogenated alkanes) is 1. The molecule has 0 aliphatic rings. The molecule has 0 radical (unpaired) electrons. The number of halogens is 1. The number of hydrogen-bond donors (Lipinski definition) is 0. The van der Waals surface area contributed by atoms with Gasteiger partial charge in [-0.2, -0.15) is 0 Å². The van der Waals surface area contributed by atoms with Crippen molar-refractivity contribution in [2.45, 2.75) is 12.8 Å². The molecule has 114 valence electrons. The molecule has 0 aliphatic carbocycles. The van der Waals surface area contributed by atoms with Gasteiger partial charge in [0, 0.05) is 10.9 Å². The molecule has 0 N–H and O–H groups in total. The van der Waals surface area contributed by atoms with Crippen molar-refractivity contribution < 1.29 is 9.53 Å². The highest BCUT2D eigenvalue weighted by Gasteiger charge is 1.99. The van der Waals surface area contributed by atoms with Crippen molar-refractivity contribution in [2.75, 3.05) is 11.9 Å². The van der Waals surface area contributed by atoms with Crippen LogP contribution >= 0.6 is 15.9 Å². The second kappa shape index (κ2) is 9.21. The van der Waals surface area contributed by atoms with Crippen LogP contribution in [0, 0.1) is 0 Å². The Labute approximate surface area is 139 Å². The molecule has 0 bridgehead atoms. The van der Waals surface area contributed by atoms with E-state index in [9.17, 15) is 4.79 Å². The molecule has 2 aromatic carbocycles. The second-order valence-electron chi connectivity index (χ2n) is 4.88. The first-order valence-electron chi connectivity index (χ1n) is 7.36. The van der Waals surface area contributed by atoms with E-state index in [2.05, 4.69) is 15.9 Å². The van der Waals surface area contributed by atoms with Crippen LogP contribution in [-0.4, -0.2) is 17.7 Å². The molecular weight excluding hydrogens is 340 g/mol. The number of hydrogen-bond acceptors (Lipinski definition) is 2. The lowest BCUT2D eigenvalue weighted by molar-refractivity contribution is 0.104. The van der Waals surface area contributed by atoms with Crippen LogP contribution in [0.3, 0.4) is 0 Å². The van der Waals surface area contributed by atoms with Crippen molar-refractivity contribution in [1.82, 2.24) is 0 Å². The van der Waals surface area contributed by atoms with E-state index < -0.39 is 0 Å². The molecule has 0 saturated carbocycles. The molecule has 2 rings (SSSR count). The van der Waals surface area contributed by atoms with Crippen LogP contribution in [0.25, 0.3) is 6.08 Å². The molecule has 0 aromatic heterocycles. The minimum Gasteiger partial charge on any atom is -0.494 e. The van der Waals surface area contributed by atoms with Crippen LogP contribution in [0.4, 0.5) is 0 Å². The maximum Gasteiger partial charge on any atom is 0.185 e. The largest absolute Gasteiger partial charge is 0.494 e. The predicted octanol–water partition coefficient (Wildman–Crippen LogP) is 5.14. The van der Waals surface area contributed by atoms with E-state index in [0.29, 0.717) is 5.56 Å². The van der Waals surface area contributed by atoms with Crippen LogP contribution in [0.15, 0.2) is 60.7 Å². The summed E-state index contributed by atoms with van der Waals surface area (Å²) >= 11 is 3.40. The van der Waals surface area contributed by atoms with E-state index in [0.717, 1.165) is 36.1 Å². The van der Waals surface area contributed by atoms with Crippen LogP contribution in [0.1, 0.15) is 28.8 Å². The fourth-order valence-corrected chi connectivity index (χ4v) is 2.33. The van der Waals surface area contributed by atoms with Crippen LogP contribution < -0.4 is 4.74 Å². The first kappa shape index (κ1) is 16.5. The average Bonchev–Trinajstić information content (AvgIpc) is 2.58. The summed E-state index contributed by atoms with van der Waals surface area (Å²) in [6, 6.07) is 17.0. The van der Waals surface area contributed by atoms with Gasteiger partial charge in [0.15, 0.2) is 5.78 Å². The number of benzene rings is 2. The Balaban J connectivity index is 1.88. The van der Waals surface area contributed by atoms with Gasteiger partial charge in [0.2, 0.25) is 0 Å². The van der Waals surface area contributed by atoms with Gasteiger partial charge in [-0.3, -0.25) is 4.79 Å². The highest BCUT2D eigenvalue weighted by molar-refractivity contribution is 9.09. The molecule has 0 atom stereocenters. The number of alkyl halides is 1. The normalized spacial score (nSPS) is 10.8. The number of rotatable bonds is 8. The lowest BCUT2D eigenvalue weighted by Crippen LogP contribution is -1.97. The van der Waals surface area contributed by atoms with E-state index in [1.54, 1.807) is 6.08 Å². The Bertz CT molecular complexity index is 603. The molecule has 0 heterocycles. The summed E-state index contributed by atoms with van der Waals surface area (Å²) in [4.78, 5) is 12.0. The second-order valence-corrected chi connectivity index (χ2v) is 5.67. The minimum atomic E-state index is 0.00991. The van der Waals surface area contributed by atoms with Crippen molar-refractivity contribution in [1.29, 1.82) is 0 Å². The molecule has 3 heteroatoms. The van der Waals surface area contributed by atoms with E-state index >= 15 is 0 Å². The van der Waals surface area contributed by atoms with Gasteiger partial charge < -0.3 is 4.74 Å². The Morgan fingerprint density at radius 1 is 1.00 bits per heavy atom. The fraction of sp³-hybridized carbons (Fsp3) is 0.211. The summed E-state index contributed by atoms with van der Waals surface area (Å²) in [5.41, 5.74) is 1.68. The number of carbonyl (C=O) groups excluding carboxylic acids is 1. The molecule has 22 heavy (non-hydrogen) atoms. The van der Waals surface area contributed by atoms with Gasteiger partial charge in [0.05, 0.1) is 6.61 Å². The highest BCUT2D eigenvalue weighted by atomic mass is 79.9. The third kappa shape index (κ3) is 5.49. The SMILES string of the molecule is O=C(C=Cc1ccc(OCCCCBr)cc1)c1ccccc1. The average molecular weight is 359 g/mol. The first-order valence-corrected chi connectivity index (χ1v) is 8.48. The maximum atomic E-state index is 12.0. The van der Waals surface area contributed by atoms with E-state index in [1.807, 2.05) is 60.7 Å². The van der Waals surface area contributed by atoms with Gasteiger partial charge in [-0.15, -0.1) is 0 Å². The van der Waals surface area contributed by atoms with Gasteiger partial charge in [-0.25, -0.2) is 0 Å². The van der Waals surface area contributed by atoms with E-state index in [4.69, 9.17) is 4.74 Å². The Hall–Kier alpha value is -1.87. The van der Waals surface area contributed by atoms with Gasteiger partial charge >= 0.3 is 0 Å². The lowest BCUT2D eigenvalue weighted by atomic mass is 10.1. The summed E-state index contributed by atoms with van der Waals surface area (Å²) in [6.45, 7) is 0.729. The van der Waals surface area contributed by atoms with Gasteiger partial charge in [-0.05, 0) is 36.6 Å². The van der Waals surface area contributed by atoms with Crippen LogP contribution in [0.5, 0.6) is 5.75 Å². The molecular formula is C19H19BrO2. The van der Waals surface area contributed by atoms with Gasteiger partial charge in [0.25, 0.3) is 0 Å². The number of ether oxygens (including phenoxy) is 1. The molecule has 2 aromatic rings. The van der Waals surface area contributed by atoms with Crippen molar-refractivity contribution in [3.8, 4) is 5.75 Å². The Kier molecular flexibility index (Phi) is 6.91.